The van der Waals surface area contributed by atoms with Crippen LogP contribution in [0.15, 0.2) is 231 Å². The molecule has 0 saturated carbocycles. The van der Waals surface area contributed by atoms with Crippen molar-refractivity contribution >= 4 is 77.5 Å². The Morgan fingerprint density at radius 2 is 0.683 bits per heavy atom. The molecule has 4 nitrogen and oxygen atoms in total. The Morgan fingerprint density at radius 1 is 0.283 bits per heavy atom. The van der Waals surface area contributed by atoms with Crippen LogP contribution in [0, 0.1) is 0 Å². The lowest BCUT2D eigenvalue weighted by atomic mass is 9.85. The fourth-order valence-electron chi connectivity index (χ4n) is 8.88. The third-order valence-corrected chi connectivity index (χ3v) is 11.5. The van der Waals surface area contributed by atoms with Crippen LogP contribution in [-0.2, 0) is 0 Å². The Hall–Kier alpha value is -8.08. The highest BCUT2D eigenvalue weighted by Gasteiger charge is 2.23. The van der Waals surface area contributed by atoms with Crippen molar-refractivity contribution in [1.82, 2.24) is 9.97 Å². The van der Waals surface area contributed by atoms with E-state index in [-0.39, 0.29) is 0 Å². The van der Waals surface area contributed by atoms with Gasteiger partial charge in [0.25, 0.3) is 0 Å². The molecule has 4 heteroatoms. The summed E-state index contributed by atoms with van der Waals surface area (Å²) in [5.74, 6) is 1.71. The van der Waals surface area contributed by atoms with Gasteiger partial charge in [-0.25, -0.2) is 9.97 Å². The molecule has 60 heavy (non-hydrogen) atoms. The van der Waals surface area contributed by atoms with Crippen molar-refractivity contribution in [2.75, 3.05) is 9.80 Å². The van der Waals surface area contributed by atoms with Crippen LogP contribution in [0.1, 0.15) is 0 Å². The van der Waals surface area contributed by atoms with Crippen molar-refractivity contribution in [2.24, 2.45) is 0 Å². The van der Waals surface area contributed by atoms with Crippen LogP contribution in [0.5, 0.6) is 0 Å². The van der Waals surface area contributed by atoms with Crippen LogP contribution in [0.25, 0.3) is 65.3 Å². The van der Waals surface area contributed by atoms with Gasteiger partial charge in [-0.3, -0.25) is 9.80 Å². The number of fused-ring (bicyclic) bond motifs is 4. The first kappa shape index (κ1) is 35.1. The summed E-state index contributed by atoms with van der Waals surface area (Å²) in [6.45, 7) is 0. The molecule has 0 unspecified atom stereocenters. The molecule has 11 aromatic rings. The summed E-state index contributed by atoms with van der Waals surface area (Å²) in [4.78, 5) is 14.4. The van der Waals surface area contributed by atoms with Crippen LogP contribution >= 0.6 is 0 Å². The molecule has 0 radical (unpaired) electrons. The second-order valence-electron chi connectivity index (χ2n) is 15.0. The highest BCUT2D eigenvalue weighted by Crippen LogP contribution is 2.49. The molecule has 0 N–H and O–H groups in total. The Bertz CT molecular complexity index is 3080. The average Bonchev–Trinajstić information content (AvgIpc) is 3.32. The monoisotopic (exact) mass is 766 g/mol. The summed E-state index contributed by atoms with van der Waals surface area (Å²) in [5, 5.41) is 9.34. The number of nitrogens with zero attached hydrogens (tertiary/aromatic N) is 4. The molecule has 0 aliphatic heterocycles. The maximum absolute atomic E-state index is 4.93. The van der Waals surface area contributed by atoms with Gasteiger partial charge in [-0.05, 0) is 115 Å². The van der Waals surface area contributed by atoms with E-state index in [2.05, 4.69) is 216 Å². The number of anilines is 6. The first-order valence-corrected chi connectivity index (χ1v) is 20.3. The second kappa shape index (κ2) is 15.0. The van der Waals surface area contributed by atoms with Gasteiger partial charge in [0.1, 0.15) is 11.6 Å². The minimum atomic E-state index is 0.853. The molecule has 0 fully saturated rings. The predicted octanol–water partition coefficient (Wildman–Crippen LogP) is 15.4. The fraction of sp³-hybridized carbons (Fsp3) is 0. The summed E-state index contributed by atoms with van der Waals surface area (Å²) in [5.41, 5.74) is 8.88. The molecule has 2 heterocycles. The average molecular weight is 767 g/mol. The number of aromatic nitrogens is 2. The smallest absolute Gasteiger partial charge is 0.137 e. The number of hydrogen-bond acceptors (Lipinski definition) is 4. The van der Waals surface area contributed by atoms with Gasteiger partial charge < -0.3 is 0 Å². The van der Waals surface area contributed by atoms with E-state index in [0.717, 1.165) is 67.1 Å². The minimum Gasteiger partial charge on any atom is -0.294 e. The first-order chi connectivity index (χ1) is 29.8. The molecule has 2 aromatic heterocycles. The van der Waals surface area contributed by atoms with Crippen LogP contribution < -0.4 is 9.80 Å². The highest BCUT2D eigenvalue weighted by atomic mass is 15.2. The number of benzene rings is 9. The molecular weight excluding hydrogens is 729 g/mol. The van der Waals surface area contributed by atoms with Crippen molar-refractivity contribution in [3.8, 4) is 22.3 Å². The van der Waals surface area contributed by atoms with Gasteiger partial charge in [0, 0.05) is 34.5 Å². The first-order valence-electron chi connectivity index (χ1n) is 20.3. The topological polar surface area (TPSA) is 32.3 Å². The van der Waals surface area contributed by atoms with Gasteiger partial charge in [-0.2, -0.15) is 0 Å². The van der Waals surface area contributed by atoms with Crippen LogP contribution in [0.4, 0.5) is 34.4 Å². The molecular formula is C56H38N4. The molecule has 0 aliphatic rings. The third-order valence-electron chi connectivity index (χ3n) is 11.5. The van der Waals surface area contributed by atoms with Crippen LogP contribution in [0.2, 0.25) is 0 Å². The van der Waals surface area contributed by atoms with E-state index >= 15 is 0 Å². The zero-order valence-corrected chi connectivity index (χ0v) is 32.7. The van der Waals surface area contributed by atoms with E-state index in [1.807, 2.05) is 24.5 Å². The van der Waals surface area contributed by atoms with E-state index in [0.29, 0.717) is 0 Å². The summed E-state index contributed by atoms with van der Waals surface area (Å²) in [6.07, 6.45) is 3.74. The van der Waals surface area contributed by atoms with E-state index in [1.165, 1.54) is 32.7 Å². The van der Waals surface area contributed by atoms with Crippen molar-refractivity contribution in [1.29, 1.82) is 0 Å². The Labute approximate surface area is 348 Å². The van der Waals surface area contributed by atoms with E-state index in [4.69, 9.17) is 9.97 Å². The van der Waals surface area contributed by atoms with Crippen molar-refractivity contribution in [3.05, 3.63) is 231 Å². The molecule has 0 amide bonds. The third kappa shape index (κ3) is 6.10. The zero-order valence-electron chi connectivity index (χ0n) is 32.7. The van der Waals surface area contributed by atoms with E-state index in [9.17, 15) is 0 Å². The van der Waals surface area contributed by atoms with Gasteiger partial charge >= 0.3 is 0 Å². The molecule has 282 valence electrons. The van der Waals surface area contributed by atoms with Gasteiger partial charge in [0.15, 0.2) is 0 Å². The Morgan fingerprint density at radius 3 is 1.12 bits per heavy atom. The van der Waals surface area contributed by atoms with Crippen molar-refractivity contribution in [2.45, 2.75) is 0 Å². The van der Waals surface area contributed by atoms with Crippen molar-refractivity contribution < 1.29 is 0 Å². The number of pyridine rings is 2. The normalized spacial score (nSPS) is 11.3. The minimum absolute atomic E-state index is 0.853. The van der Waals surface area contributed by atoms with Gasteiger partial charge in [-0.15, -0.1) is 0 Å². The molecule has 9 aromatic carbocycles. The summed E-state index contributed by atoms with van der Waals surface area (Å²) in [7, 11) is 0. The predicted molar refractivity (Wildman–Crippen MR) is 252 cm³/mol. The Kier molecular flexibility index (Phi) is 8.79. The quantitative estimate of drug-likeness (QED) is 0.144. The SMILES string of the molecule is c1ccc(-c2c3ccc(N(c4ccccn4)c4cccc5ccccc45)cc3c(-c3ccccc3)c3ccc(N(c4ccccn4)c4cccc5ccccc45)cc23)cc1. The maximum Gasteiger partial charge on any atom is 0.137 e. The molecule has 0 atom stereocenters. The van der Waals surface area contributed by atoms with Gasteiger partial charge in [-0.1, -0.05) is 158 Å². The largest absolute Gasteiger partial charge is 0.294 e. The second-order valence-corrected chi connectivity index (χ2v) is 15.0. The molecule has 0 bridgehead atoms. The van der Waals surface area contributed by atoms with E-state index < -0.39 is 0 Å². The molecule has 0 spiro atoms. The van der Waals surface area contributed by atoms with Crippen LogP contribution in [-0.4, -0.2) is 9.97 Å². The maximum atomic E-state index is 4.93. The zero-order chi connectivity index (χ0) is 39.8. The van der Waals surface area contributed by atoms with Crippen molar-refractivity contribution in [3.63, 3.8) is 0 Å². The lowest BCUT2D eigenvalue weighted by molar-refractivity contribution is 1.19. The van der Waals surface area contributed by atoms with E-state index in [1.54, 1.807) is 0 Å². The standard InChI is InChI=1S/C56H38N4/c1-3-19-41(20-4-1)55-47-33-31-44(60(54-30-12-14-36-58-54)52-28-16-24-40-18-8-10-26-46(40)52)38-50(47)56(42-21-5-2-6-22-42)48-34-32-43(37-49(48)55)59(53-29-11-13-35-57-53)51-27-15-23-39-17-7-9-25-45(39)51/h1-38H. The number of hydrogen-bond donors (Lipinski definition) is 0. The lowest BCUT2D eigenvalue weighted by Crippen LogP contribution is -2.12. The summed E-state index contributed by atoms with van der Waals surface area (Å²) < 4.78 is 0. The number of rotatable bonds is 8. The highest BCUT2D eigenvalue weighted by molar-refractivity contribution is 6.23. The van der Waals surface area contributed by atoms with Gasteiger partial charge in [0.2, 0.25) is 0 Å². The molecule has 0 saturated heterocycles. The molecule has 11 rings (SSSR count). The molecule has 0 aliphatic carbocycles. The lowest BCUT2D eigenvalue weighted by Gasteiger charge is -2.28. The Balaban J connectivity index is 1.23. The van der Waals surface area contributed by atoms with Gasteiger partial charge in [0.05, 0.1) is 11.4 Å². The summed E-state index contributed by atoms with van der Waals surface area (Å²) in [6, 6.07) is 77.9. The summed E-state index contributed by atoms with van der Waals surface area (Å²) >= 11 is 0. The van der Waals surface area contributed by atoms with Crippen LogP contribution in [0.3, 0.4) is 0 Å². The fourth-order valence-corrected chi connectivity index (χ4v) is 8.88.